The third-order valence-corrected chi connectivity index (χ3v) is 3.75. The molecule has 2 nitrogen and oxygen atoms in total. The van der Waals surface area contributed by atoms with Crippen molar-refractivity contribution in [3.63, 3.8) is 0 Å². The maximum Gasteiger partial charge on any atom is 0.118 e. The second-order valence-corrected chi connectivity index (χ2v) is 5.03. The lowest BCUT2D eigenvalue weighted by Crippen LogP contribution is -2.05. The number of hydrogen-bond acceptors (Lipinski definition) is 3. The maximum atomic E-state index is 5.16. The molecule has 0 atom stereocenters. The van der Waals surface area contributed by atoms with Crippen molar-refractivity contribution in [1.29, 1.82) is 0 Å². The summed E-state index contributed by atoms with van der Waals surface area (Å²) in [7, 11) is 3.65. The zero-order valence-corrected chi connectivity index (χ0v) is 12.7. The monoisotopic (exact) mass is 295 g/mol. The van der Waals surface area contributed by atoms with Gasteiger partial charge in [-0.3, -0.25) is 0 Å². The quantitative estimate of drug-likeness (QED) is 0.901. The second-order valence-electron chi connectivity index (χ2n) is 3.92. The molecule has 0 aliphatic heterocycles. The highest BCUT2D eigenvalue weighted by atomic mass is 35.5. The number of nitrogens with one attached hydrogen (secondary N) is 1. The first-order valence-electron chi connectivity index (χ1n) is 5.88. The van der Waals surface area contributed by atoms with Gasteiger partial charge in [-0.2, -0.15) is 0 Å². The van der Waals surface area contributed by atoms with Gasteiger partial charge in [0.2, 0.25) is 0 Å². The van der Waals surface area contributed by atoms with Crippen LogP contribution in [0.25, 0.3) is 0 Å². The number of methoxy groups -OCH3 is 1. The van der Waals surface area contributed by atoms with Crippen LogP contribution >= 0.6 is 24.2 Å². The number of halogens is 1. The summed E-state index contributed by atoms with van der Waals surface area (Å²) in [5, 5.41) is 3.20. The van der Waals surface area contributed by atoms with Gasteiger partial charge in [-0.05, 0) is 42.9 Å². The summed E-state index contributed by atoms with van der Waals surface area (Å²) >= 11 is 1.78. The first-order valence-corrected chi connectivity index (χ1v) is 6.69. The van der Waals surface area contributed by atoms with Gasteiger partial charge in [0.05, 0.1) is 7.11 Å². The van der Waals surface area contributed by atoms with Crippen molar-refractivity contribution in [2.24, 2.45) is 0 Å². The summed E-state index contributed by atoms with van der Waals surface area (Å²) in [5.41, 5.74) is 1.32. The summed E-state index contributed by atoms with van der Waals surface area (Å²) in [4.78, 5) is 2.51. The Bertz CT molecular complexity index is 502. The van der Waals surface area contributed by atoms with Crippen LogP contribution in [0, 0.1) is 0 Å². The minimum atomic E-state index is 0. The summed E-state index contributed by atoms with van der Waals surface area (Å²) in [6.45, 7) is 0.888. The first-order chi connectivity index (χ1) is 8.83. The SMILES string of the molecule is CNCc1ccccc1Sc1ccc(OC)cc1.Cl. The van der Waals surface area contributed by atoms with Crippen LogP contribution in [0.2, 0.25) is 0 Å². The lowest BCUT2D eigenvalue weighted by atomic mass is 10.2. The van der Waals surface area contributed by atoms with E-state index in [2.05, 4.69) is 41.7 Å². The molecule has 1 N–H and O–H groups in total. The molecule has 0 amide bonds. The van der Waals surface area contributed by atoms with Gasteiger partial charge in [-0.1, -0.05) is 30.0 Å². The summed E-state index contributed by atoms with van der Waals surface area (Å²) in [6, 6.07) is 16.6. The van der Waals surface area contributed by atoms with Gasteiger partial charge >= 0.3 is 0 Å². The van der Waals surface area contributed by atoms with Gasteiger partial charge < -0.3 is 10.1 Å². The van der Waals surface area contributed by atoms with E-state index < -0.39 is 0 Å². The minimum Gasteiger partial charge on any atom is -0.497 e. The third kappa shape index (κ3) is 4.46. The highest BCUT2D eigenvalue weighted by molar-refractivity contribution is 7.99. The molecule has 0 saturated heterocycles. The Kier molecular flexibility index (Phi) is 6.78. The van der Waals surface area contributed by atoms with E-state index >= 15 is 0 Å². The Morgan fingerprint density at radius 1 is 1.05 bits per heavy atom. The van der Waals surface area contributed by atoms with Crippen molar-refractivity contribution in [2.45, 2.75) is 16.3 Å². The fraction of sp³-hybridized carbons (Fsp3) is 0.200. The Hall–Kier alpha value is -1.16. The fourth-order valence-electron chi connectivity index (χ4n) is 1.71. The van der Waals surface area contributed by atoms with Gasteiger partial charge in [0, 0.05) is 16.3 Å². The molecule has 0 radical (unpaired) electrons. The molecular weight excluding hydrogens is 278 g/mol. The van der Waals surface area contributed by atoms with Crippen molar-refractivity contribution in [3.05, 3.63) is 54.1 Å². The van der Waals surface area contributed by atoms with Gasteiger partial charge in [0.25, 0.3) is 0 Å². The highest BCUT2D eigenvalue weighted by Gasteiger charge is 2.03. The molecule has 2 aromatic carbocycles. The molecule has 0 spiro atoms. The molecule has 0 heterocycles. The van der Waals surface area contributed by atoms with E-state index in [0.29, 0.717) is 0 Å². The zero-order chi connectivity index (χ0) is 12.8. The fourth-order valence-corrected chi connectivity index (χ4v) is 2.65. The molecule has 2 aromatic rings. The van der Waals surface area contributed by atoms with E-state index in [1.165, 1.54) is 15.4 Å². The third-order valence-electron chi connectivity index (χ3n) is 2.63. The van der Waals surface area contributed by atoms with Crippen LogP contribution in [0.15, 0.2) is 58.3 Å². The van der Waals surface area contributed by atoms with Crippen LogP contribution in [0.1, 0.15) is 5.56 Å². The molecule has 0 aliphatic carbocycles. The van der Waals surface area contributed by atoms with Gasteiger partial charge in [-0.15, -0.1) is 12.4 Å². The molecule has 0 unspecified atom stereocenters. The van der Waals surface area contributed by atoms with Crippen LogP contribution in [-0.4, -0.2) is 14.2 Å². The van der Waals surface area contributed by atoms with E-state index in [1.807, 2.05) is 19.2 Å². The normalized spacial score (nSPS) is 9.79. The van der Waals surface area contributed by atoms with Crippen LogP contribution in [0.4, 0.5) is 0 Å². The Balaban J connectivity index is 0.00000180. The van der Waals surface area contributed by atoms with Crippen LogP contribution in [-0.2, 0) is 6.54 Å². The topological polar surface area (TPSA) is 21.3 Å². The maximum absolute atomic E-state index is 5.16. The van der Waals surface area contributed by atoms with E-state index in [1.54, 1.807) is 18.9 Å². The predicted molar refractivity (Wildman–Crippen MR) is 83.6 cm³/mol. The van der Waals surface area contributed by atoms with Crippen molar-refractivity contribution >= 4 is 24.2 Å². The molecule has 102 valence electrons. The minimum absolute atomic E-state index is 0. The molecule has 19 heavy (non-hydrogen) atoms. The smallest absolute Gasteiger partial charge is 0.118 e. The molecule has 0 aromatic heterocycles. The lowest BCUT2D eigenvalue weighted by Gasteiger charge is -2.09. The van der Waals surface area contributed by atoms with E-state index in [4.69, 9.17) is 4.74 Å². The Labute approximate surface area is 125 Å². The van der Waals surface area contributed by atoms with E-state index in [-0.39, 0.29) is 12.4 Å². The average Bonchev–Trinajstić information content (AvgIpc) is 2.42. The average molecular weight is 296 g/mol. The Morgan fingerprint density at radius 3 is 2.37 bits per heavy atom. The number of ether oxygens (including phenoxy) is 1. The van der Waals surface area contributed by atoms with Crippen LogP contribution < -0.4 is 10.1 Å². The molecule has 0 saturated carbocycles. The van der Waals surface area contributed by atoms with Gasteiger partial charge in [0.1, 0.15) is 5.75 Å². The highest BCUT2D eigenvalue weighted by Crippen LogP contribution is 2.31. The van der Waals surface area contributed by atoms with E-state index in [9.17, 15) is 0 Å². The van der Waals surface area contributed by atoms with Crippen LogP contribution in [0.3, 0.4) is 0 Å². The second kappa shape index (κ2) is 8.10. The Morgan fingerprint density at radius 2 is 1.74 bits per heavy atom. The predicted octanol–water partition coefficient (Wildman–Crippen LogP) is 3.99. The summed E-state index contributed by atoms with van der Waals surface area (Å²) in [6.07, 6.45) is 0. The van der Waals surface area contributed by atoms with Crippen molar-refractivity contribution in [1.82, 2.24) is 5.32 Å². The van der Waals surface area contributed by atoms with Gasteiger partial charge in [0.15, 0.2) is 0 Å². The molecule has 0 fully saturated rings. The molecular formula is C15H18ClNOS. The largest absolute Gasteiger partial charge is 0.497 e. The van der Waals surface area contributed by atoms with E-state index in [0.717, 1.165) is 12.3 Å². The number of hydrogen-bond donors (Lipinski definition) is 1. The molecule has 0 bridgehead atoms. The summed E-state index contributed by atoms with van der Waals surface area (Å²) in [5.74, 6) is 0.892. The van der Waals surface area contributed by atoms with Crippen LogP contribution in [0.5, 0.6) is 5.75 Å². The first kappa shape index (κ1) is 15.9. The van der Waals surface area contributed by atoms with Crippen molar-refractivity contribution in [3.8, 4) is 5.75 Å². The molecule has 4 heteroatoms. The summed E-state index contributed by atoms with van der Waals surface area (Å²) < 4.78 is 5.16. The van der Waals surface area contributed by atoms with Crippen molar-refractivity contribution < 1.29 is 4.74 Å². The van der Waals surface area contributed by atoms with Gasteiger partial charge in [-0.25, -0.2) is 0 Å². The number of rotatable bonds is 5. The van der Waals surface area contributed by atoms with Crippen molar-refractivity contribution in [2.75, 3.05) is 14.2 Å². The molecule has 2 rings (SSSR count). The zero-order valence-electron chi connectivity index (χ0n) is 11.1. The lowest BCUT2D eigenvalue weighted by molar-refractivity contribution is 0.414. The molecule has 0 aliphatic rings. The standard InChI is InChI=1S/C15H17NOS.ClH/c1-16-11-12-5-3-4-6-15(12)18-14-9-7-13(17-2)8-10-14;/h3-10,16H,11H2,1-2H3;1H. The number of benzene rings is 2.